The van der Waals surface area contributed by atoms with Gasteiger partial charge in [0.05, 0.1) is 28.2 Å². The first-order chi connectivity index (χ1) is 17.9. The van der Waals surface area contributed by atoms with Crippen molar-refractivity contribution < 1.29 is 22.6 Å². The topological polar surface area (TPSA) is 177 Å². The van der Waals surface area contributed by atoms with Gasteiger partial charge in [0.15, 0.2) is 11.6 Å². The van der Waals surface area contributed by atoms with Crippen LogP contribution in [0, 0.1) is 0 Å². The number of ketones is 2. The number of hydrogen-bond donors (Lipinski definition) is 5. The lowest BCUT2D eigenvalue weighted by Gasteiger charge is -2.24. The lowest BCUT2D eigenvalue weighted by atomic mass is 9.82. The molecule has 192 valence electrons. The summed E-state index contributed by atoms with van der Waals surface area (Å²) in [5, 5.41) is 5.55. The van der Waals surface area contributed by atoms with Gasteiger partial charge < -0.3 is 16.4 Å². The summed E-state index contributed by atoms with van der Waals surface area (Å²) in [5.74, 6) is -1.18. The van der Waals surface area contributed by atoms with E-state index >= 15 is 0 Å². The highest BCUT2D eigenvalue weighted by atomic mass is 35.5. The molecule has 5 rings (SSSR count). The molecule has 3 aromatic carbocycles. The zero-order chi connectivity index (χ0) is 27.4. The van der Waals surface area contributed by atoms with Gasteiger partial charge in [0.2, 0.25) is 16.5 Å². The summed E-state index contributed by atoms with van der Waals surface area (Å²) in [6.45, 7) is 0. The van der Waals surface area contributed by atoms with Gasteiger partial charge in [0.1, 0.15) is 4.90 Å². The van der Waals surface area contributed by atoms with Crippen molar-refractivity contribution in [1.82, 2.24) is 15.0 Å². The average molecular weight is 589 g/mol. The second-order valence-corrected chi connectivity index (χ2v) is 10.5. The number of rotatable bonds is 5. The molecule has 0 saturated carbocycles. The van der Waals surface area contributed by atoms with E-state index in [0.717, 1.165) is 6.07 Å². The Kier molecular flexibility index (Phi) is 6.49. The van der Waals surface area contributed by atoms with Gasteiger partial charge >= 0.3 is 0 Å². The Morgan fingerprint density at radius 1 is 0.842 bits per heavy atom. The number of nitrogens with zero attached hydrogens (tertiary/aromatic N) is 3. The third-order valence-corrected chi connectivity index (χ3v) is 7.20. The Morgan fingerprint density at radius 2 is 1.45 bits per heavy atom. The van der Waals surface area contributed by atoms with Gasteiger partial charge in [-0.1, -0.05) is 24.3 Å². The van der Waals surface area contributed by atoms with Crippen LogP contribution in [0.15, 0.2) is 58.3 Å². The van der Waals surface area contributed by atoms with Crippen LogP contribution in [0.5, 0.6) is 0 Å². The first-order valence-corrected chi connectivity index (χ1v) is 13.1. The fraction of sp³-hybridized carbons (Fsp3) is 0. The van der Waals surface area contributed by atoms with Crippen molar-refractivity contribution >= 4 is 86.2 Å². The molecule has 15 heteroatoms. The van der Waals surface area contributed by atoms with Crippen LogP contribution in [0.25, 0.3) is 0 Å². The molecule has 4 aromatic rings. The van der Waals surface area contributed by atoms with Gasteiger partial charge in [0, 0.05) is 21.7 Å². The summed E-state index contributed by atoms with van der Waals surface area (Å²) in [5.41, 5.74) is 5.86. The van der Waals surface area contributed by atoms with E-state index in [-0.39, 0.29) is 44.5 Å². The van der Waals surface area contributed by atoms with Gasteiger partial charge in [0.25, 0.3) is 10.1 Å². The first-order valence-electron chi connectivity index (χ1n) is 10.5. The maximum atomic E-state index is 13.5. The minimum absolute atomic E-state index is 0.0263. The molecule has 0 spiro atoms. The molecule has 1 aliphatic carbocycles. The number of carbonyl (C=O) groups excluding carboxylic acids is 2. The predicted octanol–water partition coefficient (Wildman–Crippen LogP) is 4.56. The summed E-state index contributed by atoms with van der Waals surface area (Å²) in [7, 11) is -4.86. The molecule has 1 heterocycles. The number of halogens is 2. The summed E-state index contributed by atoms with van der Waals surface area (Å²) in [6.07, 6.45) is 0. The van der Waals surface area contributed by atoms with Crippen molar-refractivity contribution in [3.8, 4) is 0 Å². The standard InChI is InChI=1S/C23H14Cl2N6O5S2/c24-21-29-22(25)31-23(30-21)28-12-7-9(5-6-14(12)37)27-13-8-15(38(34,35)36)18(26)17-16(13)19(32)10-3-1-2-4-11(10)20(17)33/h1-8,27,37H,26H2,(H,34,35,36)(H,28,29,30,31). The van der Waals surface area contributed by atoms with Crippen LogP contribution in [-0.2, 0) is 10.1 Å². The molecule has 0 atom stereocenters. The lowest BCUT2D eigenvalue weighted by molar-refractivity contribution is 0.0980. The number of thiol groups is 1. The zero-order valence-corrected chi connectivity index (χ0v) is 22.0. The van der Waals surface area contributed by atoms with Gasteiger partial charge in [-0.25, -0.2) is 0 Å². The number of fused-ring (bicyclic) bond motifs is 2. The van der Waals surface area contributed by atoms with E-state index in [4.69, 9.17) is 28.9 Å². The van der Waals surface area contributed by atoms with Crippen LogP contribution in [0.4, 0.5) is 28.7 Å². The third kappa shape index (κ3) is 4.66. The summed E-state index contributed by atoms with van der Waals surface area (Å²) in [6, 6.07) is 11.8. The molecular formula is C23H14Cl2N6O5S2. The molecule has 0 saturated heterocycles. The number of carbonyl (C=O) groups is 2. The zero-order valence-electron chi connectivity index (χ0n) is 18.7. The molecule has 5 N–H and O–H groups in total. The third-order valence-electron chi connectivity index (χ3n) is 5.58. The van der Waals surface area contributed by atoms with E-state index < -0.39 is 32.3 Å². The van der Waals surface area contributed by atoms with Crippen molar-refractivity contribution in [2.24, 2.45) is 0 Å². The normalized spacial score (nSPS) is 12.6. The molecule has 0 fully saturated rings. The number of nitrogens with two attached hydrogens (primary N) is 1. The average Bonchev–Trinajstić information content (AvgIpc) is 2.84. The fourth-order valence-corrected chi connectivity index (χ4v) is 5.18. The highest BCUT2D eigenvalue weighted by Crippen LogP contribution is 2.40. The molecule has 11 nitrogen and oxygen atoms in total. The van der Waals surface area contributed by atoms with Crippen LogP contribution >= 0.6 is 35.8 Å². The van der Waals surface area contributed by atoms with Crippen LogP contribution in [0.2, 0.25) is 10.6 Å². The molecule has 0 radical (unpaired) electrons. The maximum absolute atomic E-state index is 13.5. The maximum Gasteiger partial charge on any atom is 0.296 e. The van der Waals surface area contributed by atoms with Gasteiger partial charge in [-0.05, 0) is 47.5 Å². The Labute approximate surface area is 230 Å². The van der Waals surface area contributed by atoms with Crippen LogP contribution < -0.4 is 16.4 Å². The van der Waals surface area contributed by atoms with E-state index in [1.807, 2.05) is 0 Å². The Balaban J connectivity index is 1.64. The Hall–Kier alpha value is -3.75. The van der Waals surface area contributed by atoms with Crippen LogP contribution in [0.1, 0.15) is 31.8 Å². The summed E-state index contributed by atoms with van der Waals surface area (Å²) < 4.78 is 34.1. The van der Waals surface area contributed by atoms with Crippen LogP contribution in [0.3, 0.4) is 0 Å². The highest BCUT2D eigenvalue weighted by molar-refractivity contribution is 7.86. The Morgan fingerprint density at radius 3 is 2.05 bits per heavy atom. The van der Waals surface area contributed by atoms with Gasteiger partial charge in [-0.2, -0.15) is 23.4 Å². The second kappa shape index (κ2) is 9.53. The van der Waals surface area contributed by atoms with Gasteiger partial charge in [-0.3, -0.25) is 14.1 Å². The summed E-state index contributed by atoms with van der Waals surface area (Å²) in [4.78, 5) is 38.1. The second-order valence-electron chi connectivity index (χ2n) is 7.94. The van der Waals surface area contributed by atoms with Crippen molar-refractivity contribution in [3.63, 3.8) is 0 Å². The summed E-state index contributed by atoms with van der Waals surface area (Å²) >= 11 is 16.1. The van der Waals surface area contributed by atoms with Crippen molar-refractivity contribution in [1.29, 1.82) is 0 Å². The quantitative estimate of drug-likeness (QED) is 0.110. The van der Waals surface area contributed by atoms with E-state index in [1.54, 1.807) is 30.3 Å². The number of anilines is 5. The minimum Gasteiger partial charge on any atom is -0.397 e. The van der Waals surface area contributed by atoms with E-state index in [1.165, 1.54) is 12.1 Å². The number of benzene rings is 3. The molecule has 1 aromatic heterocycles. The molecule has 0 bridgehead atoms. The molecule has 0 unspecified atom stereocenters. The van der Waals surface area contributed by atoms with E-state index in [9.17, 15) is 22.6 Å². The number of nitrogen functional groups attached to an aromatic ring is 1. The highest BCUT2D eigenvalue weighted by Gasteiger charge is 2.36. The van der Waals surface area contributed by atoms with Crippen molar-refractivity contribution in [2.75, 3.05) is 16.4 Å². The van der Waals surface area contributed by atoms with Crippen LogP contribution in [-0.4, -0.2) is 39.5 Å². The largest absolute Gasteiger partial charge is 0.397 e. The minimum atomic E-state index is -4.86. The molecule has 38 heavy (non-hydrogen) atoms. The molecule has 0 aliphatic heterocycles. The van der Waals surface area contributed by atoms with E-state index in [0.29, 0.717) is 16.3 Å². The molecular weight excluding hydrogens is 575 g/mol. The first kappa shape index (κ1) is 25.9. The van der Waals surface area contributed by atoms with Crippen molar-refractivity contribution in [3.05, 3.63) is 81.4 Å². The lowest BCUT2D eigenvalue weighted by Crippen LogP contribution is -2.25. The fourth-order valence-electron chi connectivity index (χ4n) is 3.98. The van der Waals surface area contributed by atoms with Gasteiger partial charge in [-0.15, -0.1) is 12.6 Å². The van der Waals surface area contributed by atoms with Crippen molar-refractivity contribution in [2.45, 2.75) is 9.79 Å². The molecule has 0 amide bonds. The number of aromatic nitrogens is 3. The SMILES string of the molecule is Nc1c(S(=O)(=O)O)cc(Nc2ccc(S)c(Nc3nc(Cl)nc(Cl)n3)c2)c2c1C(=O)c1ccccc1C2=O. The number of nitrogens with one attached hydrogen (secondary N) is 2. The smallest absolute Gasteiger partial charge is 0.296 e. The predicted molar refractivity (Wildman–Crippen MR) is 144 cm³/mol. The monoisotopic (exact) mass is 588 g/mol. The Bertz CT molecular complexity index is 1780. The van der Waals surface area contributed by atoms with E-state index in [2.05, 4.69) is 38.2 Å². The number of hydrogen-bond acceptors (Lipinski definition) is 11. The molecule has 1 aliphatic rings.